The maximum Gasteiger partial charge on any atom is 0.347 e. The van der Waals surface area contributed by atoms with Gasteiger partial charge in [-0.15, -0.1) is 6.42 Å². The molecule has 2 amide bonds. The van der Waals surface area contributed by atoms with Crippen LogP contribution in [0.15, 0.2) is 29.3 Å². The number of carbonyl (C=O) groups is 1. The summed E-state index contributed by atoms with van der Waals surface area (Å²) in [6, 6.07) is 7.57. The predicted octanol–water partition coefficient (Wildman–Crippen LogP) is 1.41. The topological polar surface area (TPSA) is 82.5 Å². The van der Waals surface area contributed by atoms with Crippen LogP contribution in [-0.2, 0) is 0 Å². The van der Waals surface area contributed by atoms with E-state index < -0.39 is 18.1 Å². The smallest absolute Gasteiger partial charge is 0.347 e. The molecule has 2 rings (SSSR count). The van der Waals surface area contributed by atoms with E-state index in [1.165, 1.54) is 4.90 Å². The average Bonchev–Trinajstić information content (AvgIpc) is 2.72. The molecule has 0 aliphatic carbocycles. The molecule has 0 saturated carbocycles. The molecule has 1 aromatic carbocycles. The Labute approximate surface area is 111 Å². The third-order valence-corrected chi connectivity index (χ3v) is 2.99. The molecular weight excluding hydrogens is 240 g/mol. The zero-order valence-corrected chi connectivity index (χ0v) is 10.4. The minimum Gasteiger partial charge on any atom is -0.385 e. The highest BCUT2D eigenvalue weighted by Gasteiger charge is 2.37. The molecule has 1 heterocycles. The molecule has 0 bridgehead atoms. The first-order valence-electron chi connectivity index (χ1n) is 5.71. The lowest BCUT2D eigenvalue weighted by Crippen LogP contribution is -2.39. The molecule has 2 N–H and O–H groups in total. The SMILES string of the molecule is C#CC(C)N1C(=O)N=C(N)C1c1cccc(C#N)c1. The number of hydrogen-bond acceptors (Lipinski definition) is 3. The number of hydrogen-bond donors (Lipinski definition) is 1. The number of nitrogens with two attached hydrogens (primary N) is 1. The molecule has 1 aliphatic rings. The largest absolute Gasteiger partial charge is 0.385 e. The predicted molar refractivity (Wildman–Crippen MR) is 71.1 cm³/mol. The first kappa shape index (κ1) is 12.7. The molecule has 1 aromatic rings. The molecule has 0 spiro atoms. The van der Waals surface area contributed by atoms with Crippen LogP contribution in [0.5, 0.6) is 0 Å². The van der Waals surface area contributed by atoms with Crippen molar-refractivity contribution in [3.05, 3.63) is 35.4 Å². The number of terminal acetylenes is 1. The number of amidine groups is 1. The number of urea groups is 1. The van der Waals surface area contributed by atoms with Crippen LogP contribution in [-0.4, -0.2) is 22.8 Å². The maximum absolute atomic E-state index is 11.8. The Bertz CT molecular complexity index is 636. The fraction of sp³-hybridized carbons (Fsp3) is 0.214. The highest BCUT2D eigenvalue weighted by molar-refractivity contribution is 6.03. The number of amides is 2. The van der Waals surface area contributed by atoms with Crippen molar-refractivity contribution in [3.63, 3.8) is 0 Å². The van der Waals surface area contributed by atoms with Crippen LogP contribution in [0.1, 0.15) is 24.1 Å². The van der Waals surface area contributed by atoms with Gasteiger partial charge in [-0.1, -0.05) is 18.1 Å². The van der Waals surface area contributed by atoms with Crippen molar-refractivity contribution in [2.75, 3.05) is 0 Å². The average molecular weight is 252 g/mol. The Kier molecular flexibility index (Phi) is 3.22. The van der Waals surface area contributed by atoms with Gasteiger partial charge in [-0.3, -0.25) is 4.90 Å². The molecule has 5 nitrogen and oxygen atoms in total. The fourth-order valence-corrected chi connectivity index (χ4v) is 2.06. The first-order chi connectivity index (χ1) is 9.08. The highest BCUT2D eigenvalue weighted by Crippen LogP contribution is 2.29. The summed E-state index contributed by atoms with van der Waals surface area (Å²) in [4.78, 5) is 17.0. The lowest BCUT2D eigenvalue weighted by molar-refractivity contribution is 0.199. The van der Waals surface area contributed by atoms with Crippen molar-refractivity contribution in [2.24, 2.45) is 10.7 Å². The second kappa shape index (κ2) is 4.83. The number of nitriles is 1. The number of benzene rings is 1. The Hall–Kier alpha value is -2.79. The summed E-state index contributed by atoms with van der Waals surface area (Å²) in [7, 11) is 0. The summed E-state index contributed by atoms with van der Waals surface area (Å²) < 4.78 is 0. The van der Waals surface area contributed by atoms with Gasteiger partial charge in [-0.25, -0.2) is 4.79 Å². The van der Waals surface area contributed by atoms with Crippen LogP contribution < -0.4 is 5.73 Å². The number of rotatable bonds is 2. The van der Waals surface area contributed by atoms with E-state index in [4.69, 9.17) is 17.4 Å². The Morgan fingerprint density at radius 3 is 2.95 bits per heavy atom. The van der Waals surface area contributed by atoms with Crippen LogP contribution in [0.25, 0.3) is 0 Å². The van der Waals surface area contributed by atoms with Gasteiger partial charge in [0, 0.05) is 0 Å². The zero-order chi connectivity index (χ0) is 14.0. The quantitative estimate of drug-likeness (QED) is 0.808. The maximum atomic E-state index is 11.8. The zero-order valence-electron chi connectivity index (χ0n) is 10.4. The molecule has 0 saturated heterocycles. The molecule has 94 valence electrons. The van der Waals surface area contributed by atoms with Crippen LogP contribution in [0, 0.1) is 23.7 Å². The van der Waals surface area contributed by atoms with Crippen LogP contribution in [0.4, 0.5) is 4.79 Å². The monoisotopic (exact) mass is 252 g/mol. The van der Waals surface area contributed by atoms with Crippen LogP contribution in [0.3, 0.4) is 0 Å². The van der Waals surface area contributed by atoms with E-state index in [0.29, 0.717) is 5.56 Å². The molecule has 2 atom stereocenters. The summed E-state index contributed by atoms with van der Waals surface area (Å²) in [5, 5.41) is 8.92. The minimum atomic E-state index is -0.508. The normalized spacial score (nSPS) is 19.5. The third kappa shape index (κ3) is 2.14. The van der Waals surface area contributed by atoms with E-state index >= 15 is 0 Å². The van der Waals surface area contributed by atoms with Crippen LogP contribution in [0.2, 0.25) is 0 Å². The lowest BCUT2D eigenvalue weighted by Gasteiger charge is -2.27. The number of carbonyl (C=O) groups excluding carboxylic acids is 1. The fourth-order valence-electron chi connectivity index (χ4n) is 2.06. The summed E-state index contributed by atoms with van der Waals surface area (Å²) in [5.74, 6) is 2.69. The van der Waals surface area contributed by atoms with Crippen molar-refractivity contribution in [3.8, 4) is 18.4 Å². The van der Waals surface area contributed by atoms with E-state index in [0.717, 1.165) is 5.56 Å². The molecule has 2 unspecified atom stereocenters. The van der Waals surface area contributed by atoms with E-state index in [-0.39, 0.29) is 5.84 Å². The van der Waals surface area contributed by atoms with Gasteiger partial charge >= 0.3 is 6.03 Å². The molecule has 1 aliphatic heterocycles. The summed E-state index contributed by atoms with van der Waals surface area (Å²) in [6.07, 6.45) is 5.37. The second-order valence-corrected chi connectivity index (χ2v) is 4.21. The lowest BCUT2D eigenvalue weighted by atomic mass is 10.0. The molecule has 5 heteroatoms. The van der Waals surface area contributed by atoms with Gasteiger partial charge in [-0.2, -0.15) is 10.3 Å². The third-order valence-electron chi connectivity index (χ3n) is 2.99. The molecule has 0 radical (unpaired) electrons. The van der Waals surface area contributed by atoms with Crippen LogP contribution >= 0.6 is 0 Å². The van der Waals surface area contributed by atoms with E-state index in [1.807, 2.05) is 0 Å². The molecule has 0 fully saturated rings. The Balaban J connectivity index is 2.46. The van der Waals surface area contributed by atoms with Gasteiger partial charge in [0.15, 0.2) is 0 Å². The Morgan fingerprint density at radius 1 is 1.58 bits per heavy atom. The van der Waals surface area contributed by atoms with Crippen molar-refractivity contribution >= 4 is 11.9 Å². The van der Waals surface area contributed by atoms with Gasteiger partial charge in [0.05, 0.1) is 17.7 Å². The van der Waals surface area contributed by atoms with Gasteiger partial charge < -0.3 is 5.73 Å². The van der Waals surface area contributed by atoms with E-state index in [1.54, 1.807) is 31.2 Å². The summed E-state index contributed by atoms with van der Waals surface area (Å²) in [6.45, 7) is 1.73. The van der Waals surface area contributed by atoms with Gasteiger partial charge in [-0.05, 0) is 24.6 Å². The van der Waals surface area contributed by atoms with Gasteiger partial charge in [0.2, 0.25) is 0 Å². The summed E-state index contributed by atoms with van der Waals surface area (Å²) in [5.41, 5.74) is 7.04. The highest BCUT2D eigenvalue weighted by atomic mass is 16.2. The molecule has 19 heavy (non-hydrogen) atoms. The van der Waals surface area contributed by atoms with Gasteiger partial charge in [0.1, 0.15) is 11.9 Å². The van der Waals surface area contributed by atoms with Crippen molar-refractivity contribution in [2.45, 2.75) is 19.0 Å². The standard InChI is InChI=1S/C14H12N4O/c1-3-9(2)18-12(13(16)17-14(18)19)11-6-4-5-10(7-11)8-15/h1,4-7,9,12H,2H3,(H2,16,17,19). The summed E-state index contributed by atoms with van der Waals surface area (Å²) >= 11 is 0. The van der Waals surface area contributed by atoms with E-state index in [9.17, 15) is 4.79 Å². The second-order valence-electron chi connectivity index (χ2n) is 4.21. The van der Waals surface area contributed by atoms with Crippen molar-refractivity contribution in [1.29, 1.82) is 5.26 Å². The van der Waals surface area contributed by atoms with Crippen molar-refractivity contribution < 1.29 is 4.79 Å². The number of nitrogens with zero attached hydrogens (tertiary/aromatic N) is 3. The van der Waals surface area contributed by atoms with E-state index in [2.05, 4.69) is 17.0 Å². The molecular formula is C14H12N4O. The number of aliphatic imine (C=N–C) groups is 1. The van der Waals surface area contributed by atoms with Gasteiger partial charge in [0.25, 0.3) is 0 Å². The first-order valence-corrected chi connectivity index (χ1v) is 5.71. The minimum absolute atomic E-state index is 0.196. The van der Waals surface area contributed by atoms with Crippen molar-refractivity contribution in [1.82, 2.24) is 4.90 Å². The Morgan fingerprint density at radius 2 is 2.32 bits per heavy atom. The molecule has 0 aromatic heterocycles.